The number of likely N-dealkylation sites (tertiary alicyclic amines) is 1. The zero-order valence-corrected chi connectivity index (χ0v) is 8.65. The minimum atomic E-state index is 0.837. The first-order valence-electron chi connectivity index (χ1n) is 5.22. The van der Waals surface area contributed by atoms with E-state index in [9.17, 15) is 0 Å². The van der Waals surface area contributed by atoms with Crippen molar-refractivity contribution in [2.24, 2.45) is 0 Å². The van der Waals surface area contributed by atoms with Crippen LogP contribution in [0.25, 0.3) is 0 Å². The SMILES string of the molecule is ClCCCCCCN1CCCC1. The minimum Gasteiger partial charge on any atom is -0.303 e. The number of hydrogen-bond donors (Lipinski definition) is 0. The third kappa shape index (κ3) is 4.32. The van der Waals surface area contributed by atoms with Gasteiger partial charge >= 0.3 is 0 Å². The molecule has 0 aromatic carbocycles. The highest BCUT2D eigenvalue weighted by molar-refractivity contribution is 6.17. The van der Waals surface area contributed by atoms with Gasteiger partial charge in [-0.2, -0.15) is 0 Å². The Morgan fingerprint density at radius 1 is 0.917 bits per heavy atom. The molecule has 1 rings (SSSR count). The highest BCUT2D eigenvalue weighted by atomic mass is 35.5. The highest BCUT2D eigenvalue weighted by Crippen LogP contribution is 2.09. The molecule has 0 N–H and O–H groups in total. The predicted molar refractivity (Wildman–Crippen MR) is 54.9 cm³/mol. The van der Waals surface area contributed by atoms with Gasteiger partial charge in [0, 0.05) is 5.88 Å². The molecule has 1 aliphatic heterocycles. The molecular formula is C10H20ClN. The van der Waals surface area contributed by atoms with E-state index in [-0.39, 0.29) is 0 Å². The van der Waals surface area contributed by atoms with Crippen LogP contribution in [0.2, 0.25) is 0 Å². The van der Waals surface area contributed by atoms with Gasteiger partial charge in [0.2, 0.25) is 0 Å². The molecule has 1 heterocycles. The summed E-state index contributed by atoms with van der Waals surface area (Å²) in [4.78, 5) is 2.58. The normalized spacial score (nSPS) is 18.8. The summed E-state index contributed by atoms with van der Waals surface area (Å²) < 4.78 is 0. The molecule has 1 nitrogen and oxygen atoms in total. The van der Waals surface area contributed by atoms with Crippen molar-refractivity contribution in [3.05, 3.63) is 0 Å². The monoisotopic (exact) mass is 189 g/mol. The average molecular weight is 190 g/mol. The third-order valence-electron chi connectivity index (χ3n) is 2.56. The van der Waals surface area contributed by atoms with Gasteiger partial charge in [-0.1, -0.05) is 12.8 Å². The van der Waals surface area contributed by atoms with E-state index in [0.717, 1.165) is 5.88 Å². The fraction of sp³-hybridized carbons (Fsp3) is 1.00. The predicted octanol–water partition coefficient (Wildman–Crippen LogP) is 2.88. The number of halogens is 1. The summed E-state index contributed by atoms with van der Waals surface area (Å²) in [5.74, 6) is 0.837. The summed E-state index contributed by atoms with van der Waals surface area (Å²) in [5.41, 5.74) is 0. The van der Waals surface area contributed by atoms with Gasteiger partial charge in [0.25, 0.3) is 0 Å². The van der Waals surface area contributed by atoms with E-state index in [1.165, 1.54) is 58.2 Å². The fourth-order valence-corrected chi connectivity index (χ4v) is 1.98. The summed E-state index contributed by atoms with van der Waals surface area (Å²) >= 11 is 5.60. The summed E-state index contributed by atoms with van der Waals surface area (Å²) in [5, 5.41) is 0. The lowest BCUT2D eigenvalue weighted by molar-refractivity contribution is 0.328. The van der Waals surface area contributed by atoms with Crippen molar-refractivity contribution in [3.63, 3.8) is 0 Å². The van der Waals surface area contributed by atoms with Crippen LogP contribution in [0.3, 0.4) is 0 Å². The molecule has 0 unspecified atom stereocenters. The van der Waals surface area contributed by atoms with E-state index in [2.05, 4.69) is 4.90 Å². The molecule has 1 fully saturated rings. The minimum absolute atomic E-state index is 0.837. The topological polar surface area (TPSA) is 3.24 Å². The molecule has 0 amide bonds. The Hall–Kier alpha value is 0.250. The Morgan fingerprint density at radius 2 is 1.58 bits per heavy atom. The van der Waals surface area contributed by atoms with Crippen LogP contribution < -0.4 is 0 Å². The molecule has 0 radical (unpaired) electrons. The molecule has 12 heavy (non-hydrogen) atoms. The van der Waals surface area contributed by atoms with Crippen LogP contribution in [0.5, 0.6) is 0 Å². The zero-order valence-electron chi connectivity index (χ0n) is 7.90. The summed E-state index contributed by atoms with van der Waals surface area (Å²) in [6.07, 6.45) is 8.09. The Balaban J connectivity index is 1.81. The van der Waals surface area contributed by atoms with E-state index in [1.807, 2.05) is 0 Å². The lowest BCUT2D eigenvalue weighted by Crippen LogP contribution is -2.20. The molecule has 0 bridgehead atoms. The Bertz CT molecular complexity index is 100. The van der Waals surface area contributed by atoms with E-state index in [4.69, 9.17) is 11.6 Å². The van der Waals surface area contributed by atoms with Gasteiger partial charge < -0.3 is 4.90 Å². The van der Waals surface area contributed by atoms with Crippen molar-refractivity contribution < 1.29 is 0 Å². The lowest BCUT2D eigenvalue weighted by Gasteiger charge is -2.13. The molecule has 0 aliphatic carbocycles. The fourth-order valence-electron chi connectivity index (χ4n) is 1.79. The van der Waals surface area contributed by atoms with Crippen molar-refractivity contribution in [2.75, 3.05) is 25.5 Å². The smallest absolute Gasteiger partial charge is 0.0223 e. The second-order valence-corrected chi connectivity index (χ2v) is 4.03. The molecule has 0 atom stereocenters. The first kappa shape index (κ1) is 10.3. The molecule has 0 saturated carbocycles. The number of hydrogen-bond acceptors (Lipinski definition) is 1. The van der Waals surface area contributed by atoms with Gasteiger partial charge in [0.05, 0.1) is 0 Å². The van der Waals surface area contributed by atoms with Gasteiger partial charge in [-0.15, -0.1) is 11.6 Å². The largest absolute Gasteiger partial charge is 0.303 e. The average Bonchev–Trinajstić information content (AvgIpc) is 2.57. The van der Waals surface area contributed by atoms with E-state index >= 15 is 0 Å². The number of rotatable bonds is 6. The van der Waals surface area contributed by atoms with Gasteiger partial charge in [0.15, 0.2) is 0 Å². The zero-order chi connectivity index (χ0) is 8.65. The van der Waals surface area contributed by atoms with Gasteiger partial charge in [-0.25, -0.2) is 0 Å². The van der Waals surface area contributed by atoms with Crippen LogP contribution in [-0.2, 0) is 0 Å². The van der Waals surface area contributed by atoms with Crippen LogP contribution >= 0.6 is 11.6 Å². The molecule has 0 aromatic heterocycles. The second kappa shape index (κ2) is 6.73. The molecule has 0 aromatic rings. The molecule has 72 valence electrons. The molecule has 2 heteroatoms. The molecular weight excluding hydrogens is 170 g/mol. The first-order valence-corrected chi connectivity index (χ1v) is 5.75. The standard InChI is InChI=1S/C10H20ClN/c11-7-3-1-2-4-8-12-9-5-6-10-12/h1-10H2. The van der Waals surface area contributed by atoms with E-state index < -0.39 is 0 Å². The molecule has 1 saturated heterocycles. The van der Waals surface area contributed by atoms with E-state index in [0.29, 0.717) is 0 Å². The van der Waals surface area contributed by atoms with Gasteiger partial charge in [-0.05, 0) is 45.3 Å². The van der Waals surface area contributed by atoms with Crippen LogP contribution in [0, 0.1) is 0 Å². The van der Waals surface area contributed by atoms with Crippen LogP contribution in [0.4, 0.5) is 0 Å². The lowest BCUT2D eigenvalue weighted by atomic mass is 10.2. The van der Waals surface area contributed by atoms with Crippen LogP contribution in [0.15, 0.2) is 0 Å². The van der Waals surface area contributed by atoms with Crippen LogP contribution in [0.1, 0.15) is 38.5 Å². The molecule has 0 spiro atoms. The maximum absolute atomic E-state index is 5.60. The quantitative estimate of drug-likeness (QED) is 0.459. The van der Waals surface area contributed by atoms with Crippen molar-refractivity contribution in [2.45, 2.75) is 38.5 Å². The van der Waals surface area contributed by atoms with Crippen molar-refractivity contribution in [1.29, 1.82) is 0 Å². The first-order chi connectivity index (χ1) is 5.93. The van der Waals surface area contributed by atoms with Gasteiger partial charge in [0.1, 0.15) is 0 Å². The van der Waals surface area contributed by atoms with Crippen molar-refractivity contribution in [3.8, 4) is 0 Å². The highest BCUT2D eigenvalue weighted by Gasteiger charge is 2.09. The van der Waals surface area contributed by atoms with Crippen molar-refractivity contribution >= 4 is 11.6 Å². The number of nitrogens with zero attached hydrogens (tertiary/aromatic N) is 1. The molecule has 1 aliphatic rings. The Kier molecular flexibility index (Phi) is 5.80. The summed E-state index contributed by atoms with van der Waals surface area (Å²) in [6, 6.07) is 0. The van der Waals surface area contributed by atoms with Crippen molar-refractivity contribution in [1.82, 2.24) is 4.90 Å². The Labute approximate surface area is 81.1 Å². The summed E-state index contributed by atoms with van der Waals surface area (Å²) in [6.45, 7) is 4.01. The number of alkyl halides is 1. The van der Waals surface area contributed by atoms with Gasteiger partial charge in [-0.3, -0.25) is 0 Å². The summed E-state index contributed by atoms with van der Waals surface area (Å²) in [7, 11) is 0. The third-order valence-corrected chi connectivity index (χ3v) is 2.82. The second-order valence-electron chi connectivity index (χ2n) is 3.65. The van der Waals surface area contributed by atoms with Crippen LogP contribution in [-0.4, -0.2) is 30.4 Å². The maximum Gasteiger partial charge on any atom is 0.0223 e. The number of unbranched alkanes of at least 4 members (excludes halogenated alkanes) is 3. The van der Waals surface area contributed by atoms with E-state index in [1.54, 1.807) is 0 Å². The maximum atomic E-state index is 5.60. The Morgan fingerprint density at radius 3 is 2.25 bits per heavy atom.